The van der Waals surface area contributed by atoms with Gasteiger partial charge in [-0.25, -0.2) is 0 Å². The molecule has 2 N–H and O–H groups in total. The minimum Gasteiger partial charge on any atom is -0.378 e. The van der Waals surface area contributed by atoms with Crippen molar-refractivity contribution in [2.75, 3.05) is 32.1 Å². The highest BCUT2D eigenvalue weighted by Crippen LogP contribution is 2.15. The fraction of sp³-hybridized carbons (Fsp3) is 0.619. The molecule has 150 valence electrons. The maximum Gasteiger partial charge on any atom is 0.227 e. The van der Waals surface area contributed by atoms with Gasteiger partial charge in [-0.05, 0) is 43.9 Å². The number of piperidine rings is 1. The molecule has 0 saturated carbocycles. The van der Waals surface area contributed by atoms with Crippen LogP contribution in [0.2, 0.25) is 0 Å². The van der Waals surface area contributed by atoms with Crippen molar-refractivity contribution in [3.63, 3.8) is 0 Å². The Hall–Kier alpha value is -2.08. The van der Waals surface area contributed by atoms with E-state index in [1.54, 1.807) is 0 Å². The van der Waals surface area contributed by atoms with Crippen molar-refractivity contribution in [2.24, 2.45) is 10.9 Å². The molecule has 0 spiro atoms. The lowest BCUT2D eigenvalue weighted by Crippen LogP contribution is -2.46. The number of carbonyl (C=O) groups is 1. The molecule has 0 aliphatic carbocycles. The van der Waals surface area contributed by atoms with Gasteiger partial charge in [-0.1, -0.05) is 26.0 Å². The Balaban J connectivity index is 1.88. The minimum atomic E-state index is 0.0187. The van der Waals surface area contributed by atoms with Gasteiger partial charge in [0, 0.05) is 44.9 Å². The lowest BCUT2D eigenvalue weighted by Gasteiger charge is -2.34. The molecule has 6 nitrogen and oxygen atoms in total. The number of aliphatic imine (C=N–C) groups is 1. The zero-order valence-electron chi connectivity index (χ0n) is 17.1. The van der Waals surface area contributed by atoms with Crippen LogP contribution in [0.15, 0.2) is 29.3 Å². The van der Waals surface area contributed by atoms with E-state index >= 15 is 0 Å². The van der Waals surface area contributed by atoms with Crippen LogP contribution < -0.4 is 10.6 Å². The summed E-state index contributed by atoms with van der Waals surface area (Å²) >= 11 is 0. The van der Waals surface area contributed by atoms with E-state index in [-0.39, 0.29) is 11.8 Å². The van der Waals surface area contributed by atoms with Crippen molar-refractivity contribution < 1.29 is 9.53 Å². The van der Waals surface area contributed by atoms with Gasteiger partial charge in [0.2, 0.25) is 5.91 Å². The second-order valence-corrected chi connectivity index (χ2v) is 7.04. The number of carbonyl (C=O) groups excluding carboxylic acids is 1. The molecule has 1 aliphatic rings. The van der Waals surface area contributed by atoms with Crippen LogP contribution in [-0.4, -0.2) is 49.6 Å². The number of hydrogen-bond acceptors (Lipinski definition) is 3. The first kappa shape index (κ1) is 21.2. The molecule has 1 fully saturated rings. The predicted molar refractivity (Wildman–Crippen MR) is 111 cm³/mol. The number of nitrogens with zero attached hydrogens (tertiary/aromatic N) is 2. The average Bonchev–Trinajstić information content (AvgIpc) is 2.69. The number of hydrogen-bond donors (Lipinski definition) is 2. The summed E-state index contributed by atoms with van der Waals surface area (Å²) in [6.45, 7) is 9.37. The van der Waals surface area contributed by atoms with Crippen molar-refractivity contribution in [1.82, 2.24) is 10.2 Å². The summed E-state index contributed by atoms with van der Waals surface area (Å²) in [6.07, 6.45) is 3.27. The van der Waals surface area contributed by atoms with Crippen LogP contribution in [0.3, 0.4) is 0 Å². The van der Waals surface area contributed by atoms with Gasteiger partial charge in [0.1, 0.15) is 0 Å². The van der Waals surface area contributed by atoms with E-state index in [0.717, 1.165) is 56.2 Å². The minimum absolute atomic E-state index is 0.0187. The van der Waals surface area contributed by atoms with E-state index in [9.17, 15) is 4.79 Å². The third-order valence-electron chi connectivity index (χ3n) is 5.06. The Labute approximate surface area is 163 Å². The smallest absolute Gasteiger partial charge is 0.227 e. The van der Waals surface area contributed by atoms with Gasteiger partial charge in [0.15, 0.2) is 5.96 Å². The second kappa shape index (κ2) is 10.9. The summed E-state index contributed by atoms with van der Waals surface area (Å²) < 4.78 is 5.72. The number of guanidine groups is 1. The molecule has 1 aromatic carbocycles. The molecule has 1 heterocycles. The number of amides is 1. The molecule has 1 unspecified atom stereocenters. The van der Waals surface area contributed by atoms with Crippen LogP contribution in [0.25, 0.3) is 0 Å². The molecule has 1 atom stereocenters. The number of ether oxygens (including phenoxy) is 1. The highest BCUT2D eigenvalue weighted by molar-refractivity contribution is 5.92. The molecule has 6 heteroatoms. The summed E-state index contributed by atoms with van der Waals surface area (Å²) in [6, 6.07) is 7.97. The Bertz CT molecular complexity index is 624. The average molecular weight is 375 g/mol. The van der Waals surface area contributed by atoms with Crippen LogP contribution in [0.4, 0.5) is 5.69 Å². The zero-order valence-corrected chi connectivity index (χ0v) is 17.1. The largest absolute Gasteiger partial charge is 0.378 e. The van der Waals surface area contributed by atoms with Crippen LogP contribution in [0, 0.1) is 5.92 Å². The molecule has 2 rings (SSSR count). The van der Waals surface area contributed by atoms with Crippen molar-refractivity contribution in [2.45, 2.75) is 52.7 Å². The summed E-state index contributed by atoms with van der Waals surface area (Å²) in [5.74, 6) is 1.000. The molecule has 27 heavy (non-hydrogen) atoms. The molecule has 0 radical (unpaired) electrons. The number of benzene rings is 1. The Morgan fingerprint density at radius 3 is 2.70 bits per heavy atom. The Kier molecular flexibility index (Phi) is 8.58. The molecule has 1 saturated heterocycles. The monoisotopic (exact) mass is 374 g/mol. The maximum absolute atomic E-state index is 12.1. The first-order valence-corrected chi connectivity index (χ1v) is 10.0. The van der Waals surface area contributed by atoms with E-state index in [4.69, 9.17) is 4.74 Å². The van der Waals surface area contributed by atoms with Gasteiger partial charge >= 0.3 is 0 Å². The van der Waals surface area contributed by atoms with Crippen molar-refractivity contribution in [3.05, 3.63) is 29.8 Å². The van der Waals surface area contributed by atoms with Gasteiger partial charge in [-0.2, -0.15) is 0 Å². The summed E-state index contributed by atoms with van der Waals surface area (Å²) in [7, 11) is 1.82. The highest BCUT2D eigenvalue weighted by Gasteiger charge is 2.21. The molecular weight excluding hydrogens is 340 g/mol. The number of anilines is 1. The van der Waals surface area contributed by atoms with E-state index in [1.165, 1.54) is 0 Å². The third kappa shape index (κ3) is 6.54. The van der Waals surface area contributed by atoms with E-state index in [2.05, 4.69) is 26.6 Å². The van der Waals surface area contributed by atoms with Crippen molar-refractivity contribution in [3.8, 4) is 0 Å². The van der Waals surface area contributed by atoms with Gasteiger partial charge in [0.25, 0.3) is 0 Å². The lowest BCUT2D eigenvalue weighted by atomic mass is 10.1. The van der Waals surface area contributed by atoms with Crippen molar-refractivity contribution in [1.29, 1.82) is 0 Å². The molecule has 1 aromatic rings. The van der Waals surface area contributed by atoms with E-state index in [0.29, 0.717) is 12.6 Å². The number of rotatable bonds is 7. The van der Waals surface area contributed by atoms with Crippen molar-refractivity contribution >= 4 is 17.6 Å². The van der Waals surface area contributed by atoms with Crippen LogP contribution in [0.1, 0.15) is 45.6 Å². The SMILES string of the molecule is CCOC1CCN(C(=NC)NCc2cccc(NC(=O)C(C)CC)c2)CC1. The molecule has 1 amide bonds. The highest BCUT2D eigenvalue weighted by atomic mass is 16.5. The molecule has 1 aliphatic heterocycles. The normalized spacial score (nSPS) is 16.9. The van der Waals surface area contributed by atoms with Gasteiger partial charge in [-0.3, -0.25) is 9.79 Å². The summed E-state index contributed by atoms with van der Waals surface area (Å²) in [4.78, 5) is 18.8. The molecule has 0 aromatic heterocycles. The van der Waals surface area contributed by atoms with Crippen LogP contribution >= 0.6 is 0 Å². The standard InChI is InChI=1S/C21H34N4O2/c1-5-16(3)20(26)24-18-9-7-8-17(14-18)15-23-21(22-4)25-12-10-19(11-13-25)27-6-2/h7-9,14,16,19H,5-6,10-13,15H2,1-4H3,(H,22,23)(H,24,26). The Morgan fingerprint density at radius 1 is 1.33 bits per heavy atom. The fourth-order valence-corrected chi connectivity index (χ4v) is 3.19. The first-order valence-electron chi connectivity index (χ1n) is 10.0. The van der Waals surface area contributed by atoms with E-state index < -0.39 is 0 Å². The topological polar surface area (TPSA) is 66.0 Å². The maximum atomic E-state index is 12.1. The molecule has 0 bridgehead atoms. The summed E-state index contributed by atoms with van der Waals surface area (Å²) in [5.41, 5.74) is 1.95. The Morgan fingerprint density at radius 2 is 2.07 bits per heavy atom. The second-order valence-electron chi connectivity index (χ2n) is 7.04. The van der Waals surface area contributed by atoms with Crippen LogP contribution in [-0.2, 0) is 16.1 Å². The van der Waals surface area contributed by atoms with Gasteiger partial charge in [-0.15, -0.1) is 0 Å². The number of nitrogens with one attached hydrogen (secondary N) is 2. The summed E-state index contributed by atoms with van der Waals surface area (Å²) in [5, 5.41) is 6.43. The number of likely N-dealkylation sites (tertiary alicyclic amines) is 1. The first-order chi connectivity index (χ1) is 13.1. The van der Waals surface area contributed by atoms with E-state index in [1.807, 2.05) is 46.0 Å². The van der Waals surface area contributed by atoms with Gasteiger partial charge in [0.05, 0.1) is 6.10 Å². The van der Waals surface area contributed by atoms with Gasteiger partial charge < -0.3 is 20.3 Å². The fourth-order valence-electron chi connectivity index (χ4n) is 3.19. The molecular formula is C21H34N4O2. The lowest BCUT2D eigenvalue weighted by molar-refractivity contribution is -0.119. The zero-order chi connectivity index (χ0) is 19.6. The third-order valence-corrected chi connectivity index (χ3v) is 5.06. The predicted octanol–water partition coefficient (Wildman–Crippen LogP) is 3.25. The quantitative estimate of drug-likeness (QED) is 0.568. The van der Waals surface area contributed by atoms with Crippen LogP contribution in [0.5, 0.6) is 0 Å².